The first-order valence-electron chi connectivity index (χ1n) is 11.2. The number of hydrogen-bond donors (Lipinski definition) is 2. The second-order valence-corrected chi connectivity index (χ2v) is 7.96. The highest BCUT2D eigenvalue weighted by Crippen LogP contribution is 2.37. The van der Waals surface area contributed by atoms with Crippen molar-refractivity contribution in [2.45, 2.75) is 51.9 Å². The van der Waals surface area contributed by atoms with Gasteiger partial charge in [0.05, 0.1) is 0 Å². The lowest BCUT2D eigenvalue weighted by Gasteiger charge is -2.23. The lowest BCUT2D eigenvalue weighted by molar-refractivity contribution is 0.102. The predicted octanol–water partition coefficient (Wildman–Crippen LogP) is 5.41. The molecule has 30 heavy (non-hydrogen) atoms. The molecule has 5 nitrogen and oxygen atoms in total. The van der Waals surface area contributed by atoms with E-state index in [9.17, 15) is 9.90 Å². The van der Waals surface area contributed by atoms with Crippen molar-refractivity contribution in [3.63, 3.8) is 0 Å². The van der Waals surface area contributed by atoms with Gasteiger partial charge in [0, 0.05) is 17.8 Å². The first kappa shape index (κ1) is 22.2. The van der Waals surface area contributed by atoms with Gasteiger partial charge in [-0.2, -0.15) is 0 Å². The molecule has 3 rings (SSSR count). The van der Waals surface area contributed by atoms with Crippen LogP contribution in [0.1, 0.15) is 67.8 Å². The predicted molar refractivity (Wildman–Crippen MR) is 122 cm³/mol. The van der Waals surface area contributed by atoms with Crippen LogP contribution < -0.4 is 10.1 Å². The molecule has 0 radical (unpaired) electrons. The van der Waals surface area contributed by atoms with Crippen molar-refractivity contribution in [3.8, 4) is 11.5 Å². The van der Waals surface area contributed by atoms with Crippen LogP contribution in [-0.4, -0.2) is 42.2 Å². The van der Waals surface area contributed by atoms with Crippen molar-refractivity contribution in [1.29, 1.82) is 0 Å². The molecular formula is C25H34N2O3. The maximum absolute atomic E-state index is 12.7. The molecule has 0 aromatic heterocycles. The molecule has 0 spiro atoms. The Bertz CT molecular complexity index is 810. The summed E-state index contributed by atoms with van der Waals surface area (Å²) in [5.74, 6) is 1.27. The fourth-order valence-corrected chi connectivity index (χ4v) is 4.11. The van der Waals surface area contributed by atoms with Crippen LogP contribution in [0.3, 0.4) is 0 Å². The fourth-order valence-electron chi connectivity index (χ4n) is 4.11. The zero-order valence-electron chi connectivity index (χ0n) is 18.2. The van der Waals surface area contributed by atoms with Gasteiger partial charge in [0.25, 0.3) is 5.91 Å². The van der Waals surface area contributed by atoms with Crippen molar-refractivity contribution in [2.24, 2.45) is 0 Å². The molecule has 1 aliphatic carbocycles. The second-order valence-electron chi connectivity index (χ2n) is 7.96. The molecule has 0 aliphatic heterocycles. The summed E-state index contributed by atoms with van der Waals surface area (Å²) in [7, 11) is 0. The molecule has 1 fully saturated rings. The van der Waals surface area contributed by atoms with Gasteiger partial charge >= 0.3 is 0 Å². The Hall–Kier alpha value is -2.53. The molecule has 0 saturated heterocycles. The number of nitrogens with zero attached hydrogens (tertiary/aromatic N) is 1. The molecule has 2 aromatic carbocycles. The third kappa shape index (κ3) is 5.99. The fraction of sp³-hybridized carbons (Fsp3) is 0.480. The Morgan fingerprint density at radius 1 is 1.07 bits per heavy atom. The van der Waals surface area contributed by atoms with Gasteiger partial charge in [0.1, 0.15) is 18.1 Å². The topological polar surface area (TPSA) is 61.8 Å². The minimum Gasteiger partial charge on any atom is -0.508 e. The lowest BCUT2D eigenvalue weighted by Crippen LogP contribution is -2.27. The lowest BCUT2D eigenvalue weighted by atomic mass is 9.83. The molecule has 0 heterocycles. The van der Waals surface area contributed by atoms with Gasteiger partial charge in [-0.05, 0) is 79.9 Å². The van der Waals surface area contributed by atoms with Crippen molar-refractivity contribution in [2.75, 3.05) is 31.6 Å². The molecule has 0 unspecified atom stereocenters. The summed E-state index contributed by atoms with van der Waals surface area (Å²) in [5, 5.41) is 13.2. The molecule has 0 bridgehead atoms. The van der Waals surface area contributed by atoms with E-state index in [0.717, 1.165) is 49.5 Å². The highest BCUT2D eigenvalue weighted by Gasteiger charge is 2.20. The molecule has 1 saturated carbocycles. The number of anilines is 1. The van der Waals surface area contributed by atoms with E-state index in [2.05, 4.69) is 24.1 Å². The zero-order chi connectivity index (χ0) is 21.3. The normalized spacial score (nSPS) is 14.6. The number of carbonyl (C=O) groups excluding carboxylic acids is 1. The summed E-state index contributed by atoms with van der Waals surface area (Å²) in [6, 6.07) is 12.6. The highest BCUT2D eigenvalue weighted by molar-refractivity contribution is 6.04. The number of rotatable bonds is 9. The van der Waals surface area contributed by atoms with Crippen LogP contribution in [-0.2, 0) is 0 Å². The highest BCUT2D eigenvalue weighted by atomic mass is 16.5. The van der Waals surface area contributed by atoms with Crippen LogP contribution in [0.2, 0.25) is 0 Å². The molecule has 1 aliphatic rings. The SMILES string of the molecule is CCN(CC)CCOc1ccc(NC(=O)c2ccc(O)c(C3CCCCC3)c2)cc1. The minimum atomic E-state index is -0.165. The number of phenols is 1. The summed E-state index contributed by atoms with van der Waals surface area (Å²) in [6.07, 6.45) is 5.78. The van der Waals surface area contributed by atoms with E-state index in [0.29, 0.717) is 23.8 Å². The maximum Gasteiger partial charge on any atom is 0.255 e. The van der Waals surface area contributed by atoms with E-state index >= 15 is 0 Å². The first-order valence-corrected chi connectivity index (χ1v) is 11.2. The van der Waals surface area contributed by atoms with Crippen molar-refractivity contribution in [1.82, 2.24) is 4.90 Å². The minimum absolute atomic E-state index is 0.165. The number of nitrogens with one attached hydrogen (secondary N) is 1. The van der Waals surface area contributed by atoms with Gasteiger partial charge in [-0.15, -0.1) is 0 Å². The quantitative estimate of drug-likeness (QED) is 0.580. The van der Waals surface area contributed by atoms with Crippen LogP contribution in [0, 0.1) is 0 Å². The Morgan fingerprint density at radius 2 is 1.77 bits per heavy atom. The number of phenolic OH excluding ortho intramolecular Hbond substituents is 1. The molecule has 1 amide bonds. The van der Waals surface area contributed by atoms with E-state index in [1.807, 2.05) is 30.3 Å². The number of benzene rings is 2. The number of carbonyl (C=O) groups is 1. The average Bonchev–Trinajstić information content (AvgIpc) is 2.78. The molecule has 2 aromatic rings. The number of hydrogen-bond acceptors (Lipinski definition) is 4. The Kier molecular flexibility index (Phi) is 8.14. The van der Waals surface area contributed by atoms with E-state index in [1.54, 1.807) is 12.1 Å². The van der Waals surface area contributed by atoms with Crippen LogP contribution in [0.15, 0.2) is 42.5 Å². The molecule has 0 atom stereocenters. The summed E-state index contributed by atoms with van der Waals surface area (Å²) in [6.45, 7) is 7.87. The summed E-state index contributed by atoms with van der Waals surface area (Å²) in [5.41, 5.74) is 2.20. The van der Waals surface area contributed by atoms with Crippen molar-refractivity contribution < 1.29 is 14.6 Å². The van der Waals surface area contributed by atoms with Crippen LogP contribution in [0.25, 0.3) is 0 Å². The first-order chi connectivity index (χ1) is 14.6. The molecular weight excluding hydrogens is 376 g/mol. The molecule has 2 N–H and O–H groups in total. The monoisotopic (exact) mass is 410 g/mol. The van der Waals surface area contributed by atoms with Gasteiger partial charge in [-0.25, -0.2) is 0 Å². The average molecular weight is 411 g/mol. The third-order valence-corrected chi connectivity index (χ3v) is 6.02. The van der Waals surface area contributed by atoms with E-state index in [1.165, 1.54) is 19.3 Å². The van der Waals surface area contributed by atoms with Gasteiger partial charge in [0.15, 0.2) is 0 Å². The Labute approximate surface area is 180 Å². The van der Waals surface area contributed by atoms with Gasteiger partial charge in [-0.1, -0.05) is 33.1 Å². The number of aromatic hydroxyl groups is 1. The number of ether oxygens (including phenoxy) is 1. The molecule has 162 valence electrons. The van der Waals surface area contributed by atoms with Gasteiger partial charge in [0.2, 0.25) is 0 Å². The number of amides is 1. The summed E-state index contributed by atoms with van der Waals surface area (Å²) < 4.78 is 5.80. The van der Waals surface area contributed by atoms with E-state index in [-0.39, 0.29) is 5.91 Å². The van der Waals surface area contributed by atoms with Crippen molar-refractivity contribution in [3.05, 3.63) is 53.6 Å². The van der Waals surface area contributed by atoms with E-state index < -0.39 is 0 Å². The largest absolute Gasteiger partial charge is 0.508 e. The second kappa shape index (κ2) is 11.0. The van der Waals surface area contributed by atoms with Crippen molar-refractivity contribution >= 4 is 11.6 Å². The van der Waals surface area contributed by atoms with E-state index in [4.69, 9.17) is 4.74 Å². The summed E-state index contributed by atoms with van der Waals surface area (Å²) >= 11 is 0. The zero-order valence-corrected chi connectivity index (χ0v) is 18.2. The maximum atomic E-state index is 12.7. The van der Waals surface area contributed by atoms with Crippen LogP contribution in [0.4, 0.5) is 5.69 Å². The standard InChI is InChI=1S/C25H34N2O3/c1-3-27(4-2)16-17-30-22-13-11-21(12-14-22)26-25(29)20-10-15-24(28)23(18-20)19-8-6-5-7-9-19/h10-15,18-19,28H,3-9,16-17H2,1-2H3,(H,26,29). The summed E-state index contributed by atoms with van der Waals surface area (Å²) in [4.78, 5) is 15.0. The smallest absolute Gasteiger partial charge is 0.255 e. The van der Waals surface area contributed by atoms with Gasteiger partial charge < -0.3 is 20.1 Å². The Balaban J connectivity index is 1.58. The number of likely N-dealkylation sites (N-methyl/N-ethyl adjacent to an activating group) is 1. The Morgan fingerprint density at radius 3 is 2.43 bits per heavy atom. The van der Waals surface area contributed by atoms with Crippen LogP contribution in [0.5, 0.6) is 11.5 Å². The molecule has 5 heteroatoms. The van der Waals surface area contributed by atoms with Crippen LogP contribution >= 0.6 is 0 Å². The third-order valence-electron chi connectivity index (χ3n) is 6.02. The van der Waals surface area contributed by atoms with Gasteiger partial charge in [-0.3, -0.25) is 4.79 Å².